The van der Waals surface area contributed by atoms with E-state index in [1.165, 1.54) is 0 Å². The lowest BCUT2D eigenvalue weighted by Gasteiger charge is -2.17. The molecule has 12 heteroatoms. The quantitative estimate of drug-likeness (QED) is 0.246. The standard InChI is InChI=1S/C30H30N6O5S/c1-17(2)28-32-33-29(42-28)18-5-9-23(10-6-18)40-24-13-19(3-4-20(24)15-35-11-12-39-30(35)38)27-31-26(34-41-27)21-14-25(37)36(16-21)22-7-8-22/h3-6,9-10,13,17,21-22H,7-8,11-12,14-16H2,1-2H3/t21-/m0/s1. The van der Waals surface area contributed by atoms with Crippen LogP contribution >= 0.6 is 11.3 Å². The fourth-order valence-electron chi connectivity index (χ4n) is 5.23. The van der Waals surface area contributed by atoms with Gasteiger partial charge in [0, 0.05) is 47.5 Å². The van der Waals surface area contributed by atoms with Crippen molar-refractivity contribution in [3.8, 4) is 33.5 Å². The average molecular weight is 587 g/mol. The number of benzene rings is 2. The first-order valence-corrected chi connectivity index (χ1v) is 15.0. The Morgan fingerprint density at radius 1 is 1.07 bits per heavy atom. The maximum Gasteiger partial charge on any atom is 0.410 e. The number of ether oxygens (including phenoxy) is 2. The highest BCUT2D eigenvalue weighted by Crippen LogP contribution is 2.37. The van der Waals surface area contributed by atoms with Gasteiger partial charge in [0.05, 0.1) is 13.1 Å². The molecule has 3 aliphatic rings. The van der Waals surface area contributed by atoms with Crippen molar-refractivity contribution in [2.24, 2.45) is 0 Å². The van der Waals surface area contributed by atoms with Crippen molar-refractivity contribution in [2.45, 2.75) is 57.5 Å². The Balaban J connectivity index is 1.14. The van der Waals surface area contributed by atoms with Crippen LogP contribution in [0.5, 0.6) is 11.5 Å². The van der Waals surface area contributed by atoms with E-state index < -0.39 is 0 Å². The third-order valence-electron chi connectivity index (χ3n) is 7.74. The maximum absolute atomic E-state index is 12.4. The normalized spacial score (nSPS) is 18.8. The molecule has 1 aliphatic carbocycles. The highest BCUT2D eigenvalue weighted by molar-refractivity contribution is 7.14. The van der Waals surface area contributed by atoms with Gasteiger partial charge in [-0.25, -0.2) is 4.79 Å². The second-order valence-corrected chi connectivity index (χ2v) is 12.2. The Hall–Kier alpha value is -4.32. The Kier molecular flexibility index (Phi) is 6.85. The van der Waals surface area contributed by atoms with E-state index in [0.717, 1.165) is 34.0 Å². The van der Waals surface area contributed by atoms with Crippen molar-refractivity contribution in [3.63, 3.8) is 0 Å². The van der Waals surface area contributed by atoms with Crippen LogP contribution in [-0.4, -0.2) is 67.9 Å². The Morgan fingerprint density at radius 3 is 2.60 bits per heavy atom. The molecule has 2 aromatic heterocycles. The number of aromatic nitrogens is 4. The van der Waals surface area contributed by atoms with E-state index in [4.69, 9.17) is 14.0 Å². The van der Waals surface area contributed by atoms with Crippen LogP contribution in [0.1, 0.15) is 61.3 Å². The monoisotopic (exact) mass is 586 g/mol. The third-order valence-corrected chi connectivity index (χ3v) is 9.01. The zero-order chi connectivity index (χ0) is 28.8. The molecule has 7 rings (SSSR count). The summed E-state index contributed by atoms with van der Waals surface area (Å²) in [5, 5.41) is 14.7. The van der Waals surface area contributed by atoms with Gasteiger partial charge in [-0.2, -0.15) is 4.98 Å². The lowest BCUT2D eigenvalue weighted by molar-refractivity contribution is -0.128. The smallest absolute Gasteiger partial charge is 0.410 e. The summed E-state index contributed by atoms with van der Waals surface area (Å²) in [4.78, 5) is 32.9. The van der Waals surface area contributed by atoms with Gasteiger partial charge in [-0.15, -0.1) is 10.2 Å². The summed E-state index contributed by atoms with van der Waals surface area (Å²) in [6.07, 6.45) is 2.20. The molecule has 0 N–H and O–H groups in total. The van der Waals surface area contributed by atoms with Gasteiger partial charge >= 0.3 is 6.09 Å². The minimum absolute atomic E-state index is 0.0741. The predicted octanol–water partition coefficient (Wildman–Crippen LogP) is 5.60. The van der Waals surface area contributed by atoms with E-state index in [1.54, 1.807) is 16.2 Å². The summed E-state index contributed by atoms with van der Waals surface area (Å²) >= 11 is 1.58. The number of likely N-dealkylation sites (tertiary alicyclic amines) is 1. The van der Waals surface area contributed by atoms with Gasteiger partial charge < -0.3 is 23.8 Å². The van der Waals surface area contributed by atoms with Crippen LogP contribution in [0.3, 0.4) is 0 Å². The van der Waals surface area contributed by atoms with Gasteiger partial charge in [0.15, 0.2) is 5.82 Å². The van der Waals surface area contributed by atoms with Crippen molar-refractivity contribution in [3.05, 3.63) is 58.9 Å². The second-order valence-electron chi connectivity index (χ2n) is 11.2. The zero-order valence-corrected chi connectivity index (χ0v) is 24.2. The lowest BCUT2D eigenvalue weighted by Crippen LogP contribution is -2.27. The van der Waals surface area contributed by atoms with Gasteiger partial charge in [-0.05, 0) is 49.2 Å². The molecular formula is C30H30N6O5S. The first-order valence-electron chi connectivity index (χ1n) is 14.2. The molecule has 0 bridgehead atoms. The Labute approximate surface area is 246 Å². The summed E-state index contributed by atoms with van der Waals surface area (Å²) in [5.74, 6) is 2.50. The van der Waals surface area contributed by atoms with Gasteiger partial charge in [0.2, 0.25) is 5.91 Å². The molecule has 0 unspecified atom stereocenters. The Bertz CT molecular complexity index is 1630. The van der Waals surface area contributed by atoms with E-state index in [-0.39, 0.29) is 17.9 Å². The van der Waals surface area contributed by atoms with Crippen molar-refractivity contribution < 1.29 is 23.6 Å². The minimum Gasteiger partial charge on any atom is -0.457 e. The van der Waals surface area contributed by atoms with Crippen molar-refractivity contribution in [1.29, 1.82) is 0 Å². The van der Waals surface area contributed by atoms with Gasteiger partial charge in [0.25, 0.3) is 5.89 Å². The summed E-state index contributed by atoms with van der Waals surface area (Å²) in [6.45, 7) is 6.05. The fourth-order valence-corrected chi connectivity index (χ4v) is 6.08. The maximum atomic E-state index is 12.4. The molecule has 0 spiro atoms. The van der Waals surface area contributed by atoms with E-state index >= 15 is 0 Å². The average Bonchev–Trinajstić information content (AvgIpc) is 3.37. The molecule has 1 saturated carbocycles. The molecule has 0 radical (unpaired) electrons. The van der Waals surface area contributed by atoms with Crippen LogP contribution in [0.15, 0.2) is 47.0 Å². The second kappa shape index (κ2) is 10.8. The van der Waals surface area contributed by atoms with E-state index in [9.17, 15) is 9.59 Å². The molecule has 11 nitrogen and oxygen atoms in total. The largest absolute Gasteiger partial charge is 0.457 e. The van der Waals surface area contributed by atoms with Crippen molar-refractivity contribution in [2.75, 3.05) is 19.7 Å². The summed E-state index contributed by atoms with van der Waals surface area (Å²) < 4.78 is 17.1. The summed E-state index contributed by atoms with van der Waals surface area (Å²) in [6, 6.07) is 13.7. The van der Waals surface area contributed by atoms with Crippen LogP contribution in [-0.2, 0) is 16.1 Å². The topological polar surface area (TPSA) is 124 Å². The van der Waals surface area contributed by atoms with Crippen LogP contribution in [0, 0.1) is 0 Å². The van der Waals surface area contributed by atoms with Crippen LogP contribution < -0.4 is 4.74 Å². The van der Waals surface area contributed by atoms with Crippen molar-refractivity contribution in [1.82, 2.24) is 30.1 Å². The van der Waals surface area contributed by atoms with Crippen LogP contribution in [0.2, 0.25) is 0 Å². The molecule has 4 aromatic rings. The Morgan fingerprint density at radius 2 is 1.88 bits per heavy atom. The summed E-state index contributed by atoms with van der Waals surface area (Å²) in [7, 11) is 0. The highest BCUT2D eigenvalue weighted by atomic mass is 32.1. The van der Waals surface area contributed by atoms with Crippen LogP contribution in [0.4, 0.5) is 4.79 Å². The number of hydrogen-bond acceptors (Lipinski definition) is 10. The zero-order valence-electron chi connectivity index (χ0n) is 23.4. The number of carbonyl (C=O) groups is 2. The number of hydrogen-bond donors (Lipinski definition) is 0. The molecule has 4 heterocycles. The number of amides is 2. The van der Waals surface area contributed by atoms with E-state index in [0.29, 0.717) is 73.4 Å². The molecule has 2 amide bonds. The molecule has 2 saturated heterocycles. The molecule has 1 atom stereocenters. The molecule has 3 fully saturated rings. The molecule has 2 aromatic carbocycles. The van der Waals surface area contributed by atoms with Crippen molar-refractivity contribution >= 4 is 23.3 Å². The third kappa shape index (κ3) is 5.34. The van der Waals surface area contributed by atoms with E-state index in [2.05, 4.69) is 34.2 Å². The van der Waals surface area contributed by atoms with Crippen LogP contribution in [0.25, 0.3) is 22.0 Å². The molecule has 2 aliphatic heterocycles. The molecular weight excluding hydrogens is 556 g/mol. The highest BCUT2D eigenvalue weighted by Gasteiger charge is 2.41. The number of rotatable bonds is 9. The van der Waals surface area contributed by atoms with E-state index in [1.807, 2.05) is 47.4 Å². The van der Waals surface area contributed by atoms with Gasteiger partial charge in [-0.1, -0.05) is 36.4 Å². The number of nitrogens with zero attached hydrogens (tertiary/aromatic N) is 6. The number of carbonyl (C=O) groups excluding carboxylic acids is 2. The number of cyclic esters (lactones) is 1. The van der Waals surface area contributed by atoms with Gasteiger partial charge in [-0.3, -0.25) is 4.79 Å². The SMILES string of the molecule is CC(C)c1nnc(-c2ccc(Oc3cc(-c4nc([C@H]5CC(=O)N(C6CC6)C5)no4)ccc3CN3CCOC3=O)cc2)s1. The first kappa shape index (κ1) is 26.6. The first-order chi connectivity index (χ1) is 20.4. The fraction of sp³-hybridized carbons (Fsp3) is 0.400. The van der Waals surface area contributed by atoms with Gasteiger partial charge in [0.1, 0.15) is 28.1 Å². The predicted molar refractivity (Wildman–Crippen MR) is 153 cm³/mol. The molecule has 216 valence electrons. The minimum atomic E-state index is -0.347. The molecule has 42 heavy (non-hydrogen) atoms. The summed E-state index contributed by atoms with van der Waals surface area (Å²) in [5.41, 5.74) is 2.46. The lowest BCUT2D eigenvalue weighted by atomic mass is 10.1.